The molecule has 0 aromatic rings. The molecule has 0 nitrogen and oxygen atoms in total. The van der Waals surface area contributed by atoms with Crippen molar-refractivity contribution in [2.45, 2.75) is 12.8 Å². The molecule has 1 fully saturated rings. The molecule has 3 heterocycles. The van der Waals surface area contributed by atoms with Crippen molar-refractivity contribution in [2.75, 3.05) is 0 Å². The van der Waals surface area contributed by atoms with Gasteiger partial charge >= 0.3 is 0 Å². The van der Waals surface area contributed by atoms with E-state index >= 15 is 0 Å². The summed E-state index contributed by atoms with van der Waals surface area (Å²) >= 11 is 9.50. The maximum Gasteiger partial charge on any atom is 0.0585 e. The van der Waals surface area contributed by atoms with E-state index in [1.165, 1.54) is 21.3 Å². The summed E-state index contributed by atoms with van der Waals surface area (Å²) < 4.78 is 2.99. The van der Waals surface area contributed by atoms with Gasteiger partial charge in [-0.15, -0.1) is 0 Å². The summed E-state index contributed by atoms with van der Waals surface area (Å²) in [5, 5.41) is 8.72. The van der Waals surface area contributed by atoms with Gasteiger partial charge in [-0.05, 0) is 34.5 Å². The first kappa shape index (κ1) is 10.8. The molecule has 78 valence electrons. The van der Waals surface area contributed by atoms with Crippen LogP contribution in [0.5, 0.6) is 0 Å². The van der Waals surface area contributed by atoms with Crippen molar-refractivity contribution in [1.82, 2.24) is 0 Å². The molecule has 3 aliphatic rings. The van der Waals surface area contributed by atoms with E-state index in [0.717, 1.165) is 0 Å². The van der Waals surface area contributed by atoms with E-state index in [0.29, 0.717) is 0 Å². The van der Waals surface area contributed by atoms with E-state index in [2.05, 4.69) is 21.6 Å². The van der Waals surface area contributed by atoms with Crippen LogP contribution >= 0.6 is 58.8 Å². The third-order valence-electron chi connectivity index (χ3n) is 2.09. The monoisotopic (exact) mass is 288 g/mol. The molecule has 0 aromatic carbocycles. The minimum Gasteiger partial charge on any atom is -0.0955 e. The van der Waals surface area contributed by atoms with Gasteiger partial charge in [-0.2, -0.15) is 0 Å². The molecular weight excluding hydrogens is 280 g/mol. The van der Waals surface area contributed by atoms with Gasteiger partial charge in [0.2, 0.25) is 0 Å². The van der Waals surface area contributed by atoms with Crippen LogP contribution in [0.4, 0.5) is 0 Å². The van der Waals surface area contributed by atoms with Crippen molar-refractivity contribution in [3.63, 3.8) is 0 Å². The number of thioether (sulfide) groups is 5. The fourth-order valence-corrected chi connectivity index (χ4v) is 6.82. The first-order valence-electron chi connectivity index (χ1n) is 4.54. The van der Waals surface area contributed by atoms with Crippen LogP contribution in [0.25, 0.3) is 0 Å². The fourth-order valence-electron chi connectivity index (χ4n) is 1.44. The molecule has 0 saturated carbocycles. The van der Waals surface area contributed by atoms with Gasteiger partial charge in [0.1, 0.15) is 0 Å². The minimum atomic E-state index is 1.24. The summed E-state index contributed by atoms with van der Waals surface area (Å²) in [6, 6.07) is 0. The second-order valence-corrected chi connectivity index (χ2v) is 8.41. The molecule has 0 radical (unpaired) electrons. The Hall–Kier alpha value is 0.710. The maximum atomic E-state index is 2.18. The first-order valence-corrected chi connectivity index (χ1v) is 8.88. The number of hydrogen-bond donors (Lipinski definition) is 0. The van der Waals surface area contributed by atoms with E-state index < -0.39 is 0 Å². The summed E-state index contributed by atoms with van der Waals surface area (Å²) in [5.74, 6) is 0. The van der Waals surface area contributed by atoms with Crippen LogP contribution in [0.15, 0.2) is 39.9 Å². The van der Waals surface area contributed by atoms with Crippen molar-refractivity contribution >= 4 is 58.8 Å². The van der Waals surface area contributed by atoms with Crippen LogP contribution in [-0.4, -0.2) is 0 Å². The molecule has 0 unspecified atom stereocenters. The first-order chi connectivity index (χ1) is 7.43. The van der Waals surface area contributed by atoms with Gasteiger partial charge in [0.15, 0.2) is 0 Å². The Morgan fingerprint density at radius 3 is 1.47 bits per heavy atom. The third kappa shape index (κ3) is 2.36. The van der Waals surface area contributed by atoms with Crippen molar-refractivity contribution in [1.29, 1.82) is 0 Å². The largest absolute Gasteiger partial charge is 0.0955 e. The highest BCUT2D eigenvalue weighted by atomic mass is 32.2. The standard InChI is InChI=1S/C10H8S5/c1-2-8(10-13-5-6-14-10)15-7(1)9-11-3-4-12-9/h3-6H,1-2H2. The SMILES string of the molecule is C1=CSC(=C2CCC(=C3SC=CS3)S2)S1. The lowest BCUT2D eigenvalue weighted by atomic mass is 10.3. The van der Waals surface area contributed by atoms with Gasteiger partial charge in [0.25, 0.3) is 0 Å². The highest BCUT2D eigenvalue weighted by molar-refractivity contribution is 8.29. The normalized spacial score (nSPS) is 25.1. The van der Waals surface area contributed by atoms with Crippen LogP contribution in [0.1, 0.15) is 12.8 Å². The second-order valence-electron chi connectivity index (χ2n) is 3.04. The Morgan fingerprint density at radius 1 is 0.667 bits per heavy atom. The molecular formula is C10H8S5. The van der Waals surface area contributed by atoms with E-state index in [9.17, 15) is 0 Å². The van der Waals surface area contributed by atoms with Gasteiger partial charge in [0.05, 0.1) is 8.47 Å². The average Bonchev–Trinajstić information content (AvgIpc) is 3.02. The quantitative estimate of drug-likeness (QED) is 0.554. The Kier molecular flexibility index (Phi) is 3.55. The van der Waals surface area contributed by atoms with E-state index in [1.807, 2.05) is 58.8 Å². The molecule has 0 aromatic heterocycles. The molecule has 0 bridgehead atoms. The molecule has 0 amide bonds. The zero-order chi connectivity index (χ0) is 10.1. The summed E-state index contributed by atoms with van der Waals surface area (Å²) in [7, 11) is 0. The molecule has 1 saturated heterocycles. The number of allylic oxidation sites excluding steroid dienone is 2. The van der Waals surface area contributed by atoms with Gasteiger partial charge in [-0.3, -0.25) is 0 Å². The van der Waals surface area contributed by atoms with Crippen molar-refractivity contribution in [3.05, 3.63) is 39.9 Å². The second kappa shape index (κ2) is 4.92. The predicted molar refractivity (Wildman–Crippen MR) is 79.5 cm³/mol. The molecule has 0 N–H and O–H groups in total. The van der Waals surface area contributed by atoms with E-state index in [4.69, 9.17) is 0 Å². The molecule has 3 aliphatic heterocycles. The zero-order valence-electron chi connectivity index (χ0n) is 7.76. The highest BCUT2D eigenvalue weighted by Gasteiger charge is 2.23. The topological polar surface area (TPSA) is 0 Å². The van der Waals surface area contributed by atoms with Crippen LogP contribution in [0, 0.1) is 0 Å². The van der Waals surface area contributed by atoms with Crippen LogP contribution < -0.4 is 0 Å². The van der Waals surface area contributed by atoms with E-state index in [-0.39, 0.29) is 0 Å². The predicted octanol–water partition coefficient (Wildman–Crippen LogP) is 5.75. The third-order valence-corrected chi connectivity index (χ3v) is 8.35. The van der Waals surface area contributed by atoms with Crippen molar-refractivity contribution < 1.29 is 0 Å². The molecule has 5 heteroatoms. The zero-order valence-corrected chi connectivity index (χ0v) is 11.8. The summed E-state index contributed by atoms with van der Waals surface area (Å²) in [5.41, 5.74) is 0. The molecule has 3 rings (SSSR count). The average molecular weight is 289 g/mol. The summed E-state index contributed by atoms with van der Waals surface area (Å²) in [6.07, 6.45) is 2.48. The van der Waals surface area contributed by atoms with Crippen LogP contribution in [0.2, 0.25) is 0 Å². The smallest absolute Gasteiger partial charge is 0.0585 e. The maximum absolute atomic E-state index is 2.18. The number of hydrogen-bond acceptors (Lipinski definition) is 5. The van der Waals surface area contributed by atoms with Crippen LogP contribution in [-0.2, 0) is 0 Å². The van der Waals surface area contributed by atoms with E-state index in [1.54, 1.807) is 9.81 Å². The Bertz CT molecular complexity index is 344. The molecule has 0 spiro atoms. The van der Waals surface area contributed by atoms with Gasteiger partial charge < -0.3 is 0 Å². The van der Waals surface area contributed by atoms with Gasteiger partial charge in [0, 0.05) is 9.81 Å². The Balaban J connectivity index is 1.78. The Labute approximate surface area is 111 Å². The van der Waals surface area contributed by atoms with Gasteiger partial charge in [-0.25, -0.2) is 0 Å². The fraction of sp³-hybridized carbons (Fsp3) is 0.200. The lowest BCUT2D eigenvalue weighted by Gasteiger charge is -2.01. The minimum absolute atomic E-state index is 1.24. The summed E-state index contributed by atoms with van der Waals surface area (Å²) in [6.45, 7) is 0. The molecule has 0 aliphatic carbocycles. The summed E-state index contributed by atoms with van der Waals surface area (Å²) in [4.78, 5) is 3.15. The molecule has 15 heavy (non-hydrogen) atoms. The lowest BCUT2D eigenvalue weighted by Crippen LogP contribution is -1.68. The van der Waals surface area contributed by atoms with Crippen molar-refractivity contribution in [2.24, 2.45) is 0 Å². The Morgan fingerprint density at radius 2 is 1.07 bits per heavy atom. The highest BCUT2D eigenvalue weighted by Crippen LogP contribution is 2.55. The number of rotatable bonds is 0. The van der Waals surface area contributed by atoms with Crippen LogP contribution in [0.3, 0.4) is 0 Å². The van der Waals surface area contributed by atoms with Gasteiger partial charge in [-0.1, -0.05) is 58.8 Å². The molecule has 0 atom stereocenters. The van der Waals surface area contributed by atoms with Crippen molar-refractivity contribution in [3.8, 4) is 0 Å². The lowest BCUT2D eigenvalue weighted by molar-refractivity contribution is 1.05.